The minimum atomic E-state index is -3.97. The maximum atomic E-state index is 13.7. The fourth-order valence-electron chi connectivity index (χ4n) is 3.99. The highest BCUT2D eigenvalue weighted by molar-refractivity contribution is 7.98. The standard InChI is InChI=1S/C31H32N2O3S2/c1-22-10-15-29(16-11-22)38(35,36)33(27-14-12-23(2)24(3)19-27)20-31(34)32-30-17-13-26(18-25(30)4)21-37-28-8-6-5-7-9-28/h5-19H,20-21H2,1-4H3,(H,32,34). The molecule has 4 aromatic rings. The molecule has 0 aliphatic heterocycles. The van der Waals surface area contributed by atoms with Gasteiger partial charge < -0.3 is 5.32 Å². The van der Waals surface area contributed by atoms with Crippen LogP contribution < -0.4 is 9.62 Å². The van der Waals surface area contributed by atoms with Crippen molar-refractivity contribution >= 4 is 39.1 Å². The Bertz CT molecular complexity index is 1530. The molecule has 1 N–H and O–H groups in total. The average Bonchev–Trinajstić information content (AvgIpc) is 2.90. The number of amides is 1. The van der Waals surface area contributed by atoms with Gasteiger partial charge in [0.05, 0.1) is 10.6 Å². The molecule has 0 saturated heterocycles. The molecule has 4 aromatic carbocycles. The van der Waals surface area contributed by atoms with Crippen LogP contribution in [0.3, 0.4) is 0 Å². The van der Waals surface area contributed by atoms with Crippen molar-refractivity contribution in [2.75, 3.05) is 16.2 Å². The summed E-state index contributed by atoms with van der Waals surface area (Å²) in [6.07, 6.45) is 0. The lowest BCUT2D eigenvalue weighted by Gasteiger charge is -2.25. The average molecular weight is 545 g/mol. The molecule has 0 heterocycles. The summed E-state index contributed by atoms with van der Waals surface area (Å²) in [5, 5.41) is 2.92. The molecule has 5 nitrogen and oxygen atoms in total. The summed E-state index contributed by atoms with van der Waals surface area (Å²) in [7, 11) is -3.97. The zero-order valence-electron chi connectivity index (χ0n) is 22.1. The van der Waals surface area contributed by atoms with Gasteiger partial charge in [0.15, 0.2) is 0 Å². The van der Waals surface area contributed by atoms with Crippen LogP contribution in [0.15, 0.2) is 101 Å². The molecule has 0 bridgehead atoms. The van der Waals surface area contributed by atoms with Gasteiger partial charge in [-0.3, -0.25) is 9.10 Å². The maximum Gasteiger partial charge on any atom is 0.264 e. The molecule has 196 valence electrons. The highest BCUT2D eigenvalue weighted by Crippen LogP contribution is 2.28. The van der Waals surface area contributed by atoms with E-state index in [2.05, 4.69) is 23.5 Å². The Hall–Kier alpha value is -3.55. The summed E-state index contributed by atoms with van der Waals surface area (Å²) in [6, 6.07) is 28.2. The molecule has 38 heavy (non-hydrogen) atoms. The van der Waals surface area contributed by atoms with Crippen LogP contribution in [0.5, 0.6) is 0 Å². The topological polar surface area (TPSA) is 66.5 Å². The normalized spacial score (nSPS) is 11.3. The lowest BCUT2D eigenvalue weighted by Crippen LogP contribution is -2.38. The molecule has 1 amide bonds. The Morgan fingerprint density at radius 2 is 1.50 bits per heavy atom. The highest BCUT2D eigenvalue weighted by Gasteiger charge is 2.27. The summed E-state index contributed by atoms with van der Waals surface area (Å²) in [6.45, 7) is 7.39. The summed E-state index contributed by atoms with van der Waals surface area (Å²) < 4.78 is 28.5. The van der Waals surface area contributed by atoms with E-state index < -0.39 is 15.9 Å². The fourth-order valence-corrected chi connectivity index (χ4v) is 6.27. The second-order valence-electron chi connectivity index (χ2n) is 9.39. The van der Waals surface area contributed by atoms with Crippen LogP contribution in [-0.2, 0) is 20.6 Å². The molecule has 7 heteroatoms. The van der Waals surface area contributed by atoms with Crippen molar-refractivity contribution in [1.29, 1.82) is 0 Å². The molecule has 0 radical (unpaired) electrons. The van der Waals surface area contributed by atoms with Crippen molar-refractivity contribution in [2.45, 2.75) is 43.2 Å². The first-order valence-electron chi connectivity index (χ1n) is 12.4. The number of thioether (sulfide) groups is 1. The number of hydrogen-bond donors (Lipinski definition) is 1. The molecule has 0 spiro atoms. The van der Waals surface area contributed by atoms with E-state index in [1.54, 1.807) is 48.2 Å². The Kier molecular flexibility index (Phi) is 8.59. The Labute approximate surface area is 230 Å². The lowest BCUT2D eigenvalue weighted by atomic mass is 10.1. The van der Waals surface area contributed by atoms with Crippen LogP contribution in [0.1, 0.15) is 27.8 Å². The van der Waals surface area contributed by atoms with Crippen molar-refractivity contribution in [3.63, 3.8) is 0 Å². The summed E-state index contributed by atoms with van der Waals surface area (Å²) >= 11 is 1.75. The highest BCUT2D eigenvalue weighted by atomic mass is 32.2. The van der Waals surface area contributed by atoms with Gasteiger partial charge in [0, 0.05) is 16.3 Å². The molecule has 0 fully saturated rings. The smallest absolute Gasteiger partial charge is 0.264 e. The summed E-state index contributed by atoms with van der Waals surface area (Å²) in [5.74, 6) is 0.405. The quantitative estimate of drug-likeness (QED) is 0.229. The largest absolute Gasteiger partial charge is 0.324 e. The predicted octanol–water partition coefficient (Wildman–Crippen LogP) is 7.05. The number of nitrogens with zero attached hydrogens (tertiary/aromatic N) is 1. The van der Waals surface area contributed by atoms with E-state index in [1.807, 2.05) is 64.1 Å². The Morgan fingerprint density at radius 3 is 2.16 bits per heavy atom. The Balaban J connectivity index is 1.54. The predicted molar refractivity (Wildman–Crippen MR) is 157 cm³/mol. The molecule has 0 aliphatic carbocycles. The Morgan fingerprint density at radius 1 is 0.789 bits per heavy atom. The second kappa shape index (κ2) is 11.9. The molecule has 0 atom stereocenters. The van der Waals surface area contributed by atoms with Crippen LogP contribution in [0.2, 0.25) is 0 Å². The van der Waals surface area contributed by atoms with Crippen LogP contribution in [0, 0.1) is 27.7 Å². The van der Waals surface area contributed by atoms with Crippen LogP contribution in [0.4, 0.5) is 11.4 Å². The van der Waals surface area contributed by atoms with Crippen LogP contribution in [-0.4, -0.2) is 20.9 Å². The molecule has 0 unspecified atom stereocenters. The van der Waals surface area contributed by atoms with Crippen molar-refractivity contribution < 1.29 is 13.2 Å². The number of benzene rings is 4. The van der Waals surface area contributed by atoms with E-state index in [1.165, 1.54) is 9.20 Å². The van der Waals surface area contributed by atoms with Gasteiger partial charge in [0.1, 0.15) is 6.54 Å². The number of carbonyl (C=O) groups excluding carboxylic acids is 1. The lowest BCUT2D eigenvalue weighted by molar-refractivity contribution is -0.114. The molecular weight excluding hydrogens is 512 g/mol. The van der Waals surface area contributed by atoms with Gasteiger partial charge in [0.2, 0.25) is 5.91 Å². The van der Waals surface area contributed by atoms with Crippen LogP contribution in [0.25, 0.3) is 0 Å². The molecular formula is C31H32N2O3S2. The minimum absolute atomic E-state index is 0.144. The first kappa shape index (κ1) is 27.5. The number of nitrogens with one attached hydrogen (secondary N) is 1. The number of hydrogen-bond acceptors (Lipinski definition) is 4. The molecule has 4 rings (SSSR count). The SMILES string of the molecule is Cc1ccc(S(=O)(=O)N(CC(=O)Nc2ccc(CSc3ccccc3)cc2C)c2ccc(C)c(C)c2)cc1. The van der Waals surface area contributed by atoms with Crippen molar-refractivity contribution in [3.05, 3.63) is 119 Å². The van der Waals surface area contributed by atoms with Gasteiger partial charge in [-0.1, -0.05) is 54.1 Å². The summed E-state index contributed by atoms with van der Waals surface area (Å²) in [4.78, 5) is 14.5. The zero-order chi connectivity index (χ0) is 27.3. The first-order chi connectivity index (χ1) is 18.1. The number of anilines is 2. The third-order valence-electron chi connectivity index (χ3n) is 6.39. The molecule has 0 aliphatic rings. The van der Waals surface area contributed by atoms with Crippen molar-refractivity contribution in [2.24, 2.45) is 0 Å². The molecule has 0 aromatic heterocycles. The third-order valence-corrected chi connectivity index (χ3v) is 9.26. The van der Waals surface area contributed by atoms with E-state index in [-0.39, 0.29) is 11.4 Å². The van der Waals surface area contributed by atoms with Gasteiger partial charge in [-0.05, 0) is 92.4 Å². The van der Waals surface area contributed by atoms with Gasteiger partial charge in [0.25, 0.3) is 10.0 Å². The number of aryl methyl sites for hydroxylation is 4. The van der Waals surface area contributed by atoms with Crippen molar-refractivity contribution in [1.82, 2.24) is 0 Å². The zero-order valence-corrected chi connectivity index (χ0v) is 23.7. The third kappa shape index (κ3) is 6.65. The number of carbonyl (C=O) groups is 1. The fraction of sp³-hybridized carbons (Fsp3) is 0.194. The monoisotopic (exact) mass is 544 g/mol. The van der Waals surface area contributed by atoms with E-state index in [4.69, 9.17) is 0 Å². The van der Waals surface area contributed by atoms with E-state index in [9.17, 15) is 13.2 Å². The number of rotatable bonds is 9. The number of sulfonamides is 1. The summed E-state index contributed by atoms with van der Waals surface area (Å²) in [5.41, 5.74) is 6.14. The van der Waals surface area contributed by atoms with Crippen LogP contribution >= 0.6 is 11.8 Å². The van der Waals surface area contributed by atoms with Crippen molar-refractivity contribution in [3.8, 4) is 0 Å². The van der Waals surface area contributed by atoms with E-state index in [0.29, 0.717) is 11.4 Å². The maximum absolute atomic E-state index is 13.7. The second-order valence-corrected chi connectivity index (χ2v) is 12.3. The first-order valence-corrected chi connectivity index (χ1v) is 14.8. The minimum Gasteiger partial charge on any atom is -0.324 e. The van der Waals surface area contributed by atoms with Gasteiger partial charge in [-0.25, -0.2) is 8.42 Å². The van der Waals surface area contributed by atoms with E-state index >= 15 is 0 Å². The van der Waals surface area contributed by atoms with Gasteiger partial charge in [-0.15, -0.1) is 11.8 Å². The van der Waals surface area contributed by atoms with Gasteiger partial charge >= 0.3 is 0 Å². The van der Waals surface area contributed by atoms with Gasteiger partial charge in [-0.2, -0.15) is 0 Å². The van der Waals surface area contributed by atoms with E-state index in [0.717, 1.165) is 33.6 Å². The molecule has 0 saturated carbocycles.